The number of H-pyrrole nitrogens is 1. The van der Waals surface area contributed by atoms with E-state index < -0.39 is 11.2 Å². The highest BCUT2D eigenvalue weighted by Gasteiger charge is 2.17. The van der Waals surface area contributed by atoms with Crippen molar-refractivity contribution in [2.24, 2.45) is 0 Å². The zero-order valence-corrected chi connectivity index (χ0v) is 17.1. The van der Waals surface area contributed by atoms with E-state index in [0.717, 1.165) is 5.39 Å². The molecule has 0 aliphatic carbocycles. The quantitative estimate of drug-likeness (QED) is 0.341. The van der Waals surface area contributed by atoms with E-state index in [-0.39, 0.29) is 15.7 Å². The van der Waals surface area contributed by atoms with Crippen LogP contribution >= 0.6 is 12.2 Å². The molecule has 2 aromatic carbocycles. The molecule has 8 heteroatoms. The molecule has 0 radical (unpaired) electrons. The molecule has 3 aromatic heterocycles. The van der Waals surface area contributed by atoms with Gasteiger partial charge in [0.1, 0.15) is 11.3 Å². The van der Waals surface area contributed by atoms with Crippen LogP contribution < -0.4 is 15.9 Å². The zero-order valence-electron chi connectivity index (χ0n) is 16.3. The average molecular weight is 429 g/mol. The molecule has 0 aliphatic heterocycles. The summed E-state index contributed by atoms with van der Waals surface area (Å²) in [7, 11) is 1.58. The maximum atomic E-state index is 12.9. The lowest BCUT2D eigenvalue weighted by Gasteiger charge is -2.13. The van der Waals surface area contributed by atoms with Crippen LogP contribution in [0.1, 0.15) is 0 Å². The fraction of sp³-hybridized carbons (Fsp3) is 0.0435. The van der Waals surface area contributed by atoms with Gasteiger partial charge in [-0.05, 0) is 54.7 Å². The Kier molecular flexibility index (Phi) is 4.48. The van der Waals surface area contributed by atoms with Crippen LogP contribution in [-0.4, -0.2) is 21.6 Å². The number of para-hydroxylation sites is 1. The summed E-state index contributed by atoms with van der Waals surface area (Å²) in [5.41, 5.74) is 1.23. The number of hydrogen-bond acceptors (Lipinski definition) is 6. The molecular weight excluding hydrogens is 414 g/mol. The Morgan fingerprint density at radius 2 is 1.81 bits per heavy atom. The number of ether oxygens (including phenoxy) is 1. The molecule has 0 aliphatic rings. The minimum atomic E-state index is -0.538. The van der Waals surface area contributed by atoms with E-state index >= 15 is 0 Å². The summed E-state index contributed by atoms with van der Waals surface area (Å²) < 4.78 is 12.5. The van der Waals surface area contributed by atoms with E-state index in [1.165, 1.54) is 0 Å². The monoisotopic (exact) mass is 429 g/mol. The number of methoxy groups -OCH3 is 1. The van der Waals surface area contributed by atoms with Crippen molar-refractivity contribution in [1.82, 2.24) is 14.5 Å². The molecule has 1 N–H and O–H groups in total. The number of nitrogens with one attached hydrogen (secondary N) is 1. The van der Waals surface area contributed by atoms with Crippen molar-refractivity contribution in [3.05, 3.63) is 92.4 Å². The standard InChI is InChI=1S/C23H15N3O4S/c1-29-15-8-6-14(7-9-15)26-20-19(21(27)25-23(26)31)16(10-11-24-20)17-12-13-4-2-3-5-18(13)30-22(17)28/h2-12H,1H3,(H,25,27,31). The van der Waals surface area contributed by atoms with Crippen LogP contribution in [0.15, 0.2) is 80.9 Å². The highest BCUT2D eigenvalue weighted by molar-refractivity contribution is 7.71. The molecule has 0 saturated carbocycles. The van der Waals surface area contributed by atoms with Crippen molar-refractivity contribution in [2.45, 2.75) is 0 Å². The van der Waals surface area contributed by atoms with E-state index in [0.29, 0.717) is 28.2 Å². The number of hydrogen-bond donors (Lipinski definition) is 1. The lowest BCUT2D eigenvalue weighted by atomic mass is 10.0. The number of aromatic nitrogens is 3. The normalized spacial score (nSPS) is 11.1. The number of rotatable bonds is 3. The maximum Gasteiger partial charge on any atom is 0.344 e. The molecule has 152 valence electrons. The number of benzene rings is 2. The fourth-order valence-electron chi connectivity index (χ4n) is 3.60. The number of fused-ring (bicyclic) bond motifs is 2. The van der Waals surface area contributed by atoms with Crippen molar-refractivity contribution in [2.75, 3.05) is 7.11 Å². The molecule has 0 atom stereocenters. The second-order valence-electron chi connectivity index (χ2n) is 6.84. The van der Waals surface area contributed by atoms with Gasteiger partial charge in [-0.15, -0.1) is 0 Å². The van der Waals surface area contributed by atoms with Crippen molar-refractivity contribution in [3.8, 4) is 22.6 Å². The van der Waals surface area contributed by atoms with Crippen molar-refractivity contribution < 1.29 is 9.15 Å². The van der Waals surface area contributed by atoms with E-state index in [4.69, 9.17) is 21.4 Å². The van der Waals surface area contributed by atoms with Gasteiger partial charge in [0.25, 0.3) is 5.56 Å². The third-order valence-corrected chi connectivity index (χ3v) is 5.34. The Morgan fingerprint density at radius 1 is 1.03 bits per heavy atom. The minimum Gasteiger partial charge on any atom is -0.497 e. The molecule has 0 spiro atoms. The first-order valence-corrected chi connectivity index (χ1v) is 9.79. The first-order chi connectivity index (χ1) is 15.1. The predicted molar refractivity (Wildman–Crippen MR) is 121 cm³/mol. The molecule has 0 saturated heterocycles. The summed E-state index contributed by atoms with van der Waals surface area (Å²) in [5.74, 6) is 0.686. The third-order valence-electron chi connectivity index (χ3n) is 5.06. The summed E-state index contributed by atoms with van der Waals surface area (Å²) in [6.07, 6.45) is 1.54. The molecule has 31 heavy (non-hydrogen) atoms. The van der Waals surface area contributed by atoms with E-state index in [1.807, 2.05) is 24.3 Å². The fourth-order valence-corrected chi connectivity index (χ4v) is 3.89. The van der Waals surface area contributed by atoms with Gasteiger partial charge in [0.2, 0.25) is 0 Å². The van der Waals surface area contributed by atoms with Crippen LogP contribution in [0, 0.1) is 4.77 Å². The first-order valence-electron chi connectivity index (χ1n) is 9.38. The van der Waals surface area contributed by atoms with Crippen molar-refractivity contribution in [3.63, 3.8) is 0 Å². The molecule has 7 nitrogen and oxygen atoms in total. The maximum absolute atomic E-state index is 12.9. The van der Waals surface area contributed by atoms with Gasteiger partial charge in [0.15, 0.2) is 10.4 Å². The first kappa shape index (κ1) is 19.0. The van der Waals surface area contributed by atoms with Crippen molar-refractivity contribution in [1.29, 1.82) is 0 Å². The molecule has 5 aromatic rings. The molecule has 0 fully saturated rings. The topological polar surface area (TPSA) is 90.1 Å². The van der Waals surface area contributed by atoms with Crippen LogP contribution in [0.4, 0.5) is 0 Å². The summed E-state index contributed by atoms with van der Waals surface area (Å²) in [5, 5.41) is 0.996. The second kappa shape index (κ2) is 7.33. The minimum absolute atomic E-state index is 0.192. The summed E-state index contributed by atoms with van der Waals surface area (Å²) in [4.78, 5) is 32.8. The van der Waals surface area contributed by atoms with Gasteiger partial charge in [-0.25, -0.2) is 9.78 Å². The summed E-state index contributed by atoms with van der Waals surface area (Å²) >= 11 is 5.42. The van der Waals surface area contributed by atoms with Gasteiger partial charge in [0.05, 0.1) is 23.7 Å². The second-order valence-corrected chi connectivity index (χ2v) is 7.22. The summed E-state index contributed by atoms with van der Waals surface area (Å²) in [6.45, 7) is 0. The van der Waals surface area contributed by atoms with E-state index in [1.54, 1.807) is 54.3 Å². The van der Waals surface area contributed by atoms with Crippen LogP contribution in [0.3, 0.4) is 0 Å². The van der Waals surface area contributed by atoms with Crippen LogP contribution in [0.25, 0.3) is 38.8 Å². The van der Waals surface area contributed by atoms with Crippen LogP contribution in [-0.2, 0) is 0 Å². The lowest BCUT2D eigenvalue weighted by molar-refractivity contribution is 0.414. The van der Waals surface area contributed by atoms with Gasteiger partial charge in [-0.1, -0.05) is 18.2 Å². The highest BCUT2D eigenvalue weighted by atomic mass is 32.1. The Morgan fingerprint density at radius 3 is 2.58 bits per heavy atom. The summed E-state index contributed by atoms with van der Waals surface area (Å²) in [6, 6.07) is 17.7. The number of aromatic amines is 1. The van der Waals surface area contributed by atoms with Crippen LogP contribution in [0.2, 0.25) is 0 Å². The third kappa shape index (κ3) is 3.13. The van der Waals surface area contributed by atoms with Gasteiger partial charge in [0, 0.05) is 17.1 Å². The lowest BCUT2D eigenvalue weighted by Crippen LogP contribution is -2.16. The average Bonchev–Trinajstić information content (AvgIpc) is 2.78. The van der Waals surface area contributed by atoms with Gasteiger partial charge in [-0.2, -0.15) is 0 Å². The largest absolute Gasteiger partial charge is 0.497 e. The molecule has 3 heterocycles. The van der Waals surface area contributed by atoms with Gasteiger partial charge >= 0.3 is 5.63 Å². The Labute approximate surface area is 180 Å². The van der Waals surface area contributed by atoms with Crippen LogP contribution in [0.5, 0.6) is 5.75 Å². The Bertz CT molecular complexity index is 1630. The van der Waals surface area contributed by atoms with E-state index in [9.17, 15) is 9.59 Å². The predicted octanol–water partition coefficient (Wildman–Crippen LogP) is 4.23. The van der Waals surface area contributed by atoms with E-state index in [2.05, 4.69) is 9.97 Å². The van der Waals surface area contributed by atoms with Gasteiger partial charge < -0.3 is 9.15 Å². The Balaban J connectivity index is 1.85. The number of pyridine rings is 1. The molecule has 5 rings (SSSR count). The molecular formula is C23H15N3O4S. The highest BCUT2D eigenvalue weighted by Crippen LogP contribution is 2.27. The molecule has 0 bridgehead atoms. The SMILES string of the molecule is COc1ccc(-n2c(=S)[nH]c(=O)c3c(-c4cc5ccccc5oc4=O)ccnc32)cc1. The molecule has 0 unspecified atom stereocenters. The Hall–Kier alpha value is -4.04. The van der Waals surface area contributed by atoms with Gasteiger partial charge in [-0.3, -0.25) is 14.3 Å². The molecule has 0 amide bonds. The van der Waals surface area contributed by atoms with Crippen molar-refractivity contribution >= 4 is 34.2 Å². The smallest absolute Gasteiger partial charge is 0.344 e. The zero-order chi connectivity index (χ0) is 21.5. The number of nitrogens with zero attached hydrogens (tertiary/aromatic N) is 2.